The zero-order valence-corrected chi connectivity index (χ0v) is 19.0. The first-order chi connectivity index (χ1) is 16.1. The molecular weight excluding hydrogens is 443 g/mol. The number of benzene rings is 2. The third kappa shape index (κ3) is 4.98. The van der Waals surface area contributed by atoms with Crippen LogP contribution in [0.5, 0.6) is 17.4 Å². The molecule has 0 unspecified atom stereocenters. The fraction of sp³-hybridized carbons (Fsp3) is 0.217. The Labute approximate surface area is 194 Å². The second-order valence-electron chi connectivity index (χ2n) is 8.28. The average molecular weight is 466 g/mol. The standard InChI is InChI=1S/C23H23FN6O4/c1-23(2,3)34-22(31)30-8-7-20(29-30)33-13-5-6-17(15(24)9-13)28-21-14-10-16(25)19(32-4)11-18(14)26-12-27-21/h5-12H,25H2,1-4H3,(H,26,27,28). The van der Waals surface area contributed by atoms with Gasteiger partial charge in [0.05, 0.1) is 24.0 Å². The fourth-order valence-electron chi connectivity index (χ4n) is 3.06. The average Bonchev–Trinajstić information content (AvgIpc) is 3.23. The molecule has 10 nitrogen and oxygen atoms in total. The number of carbonyl (C=O) groups excluding carboxylic acids is 1. The van der Waals surface area contributed by atoms with E-state index in [4.69, 9.17) is 19.9 Å². The van der Waals surface area contributed by atoms with Crippen molar-refractivity contribution in [1.82, 2.24) is 19.7 Å². The van der Waals surface area contributed by atoms with Crippen molar-refractivity contribution in [2.45, 2.75) is 26.4 Å². The molecule has 34 heavy (non-hydrogen) atoms. The van der Waals surface area contributed by atoms with Gasteiger partial charge in [0, 0.05) is 29.8 Å². The minimum Gasteiger partial charge on any atom is -0.495 e. The van der Waals surface area contributed by atoms with Crippen LogP contribution >= 0.6 is 0 Å². The molecule has 0 saturated carbocycles. The maximum atomic E-state index is 14.8. The van der Waals surface area contributed by atoms with Gasteiger partial charge < -0.3 is 25.3 Å². The van der Waals surface area contributed by atoms with E-state index < -0.39 is 17.5 Å². The molecule has 0 amide bonds. The summed E-state index contributed by atoms with van der Waals surface area (Å²) in [6.07, 6.45) is 2.11. The lowest BCUT2D eigenvalue weighted by Crippen LogP contribution is -2.27. The van der Waals surface area contributed by atoms with Crippen LogP contribution in [0.3, 0.4) is 0 Å². The number of fused-ring (bicyclic) bond motifs is 1. The number of anilines is 3. The summed E-state index contributed by atoms with van der Waals surface area (Å²) in [5, 5.41) is 7.57. The molecular formula is C23H23FN6O4. The lowest BCUT2D eigenvalue weighted by Gasteiger charge is -2.18. The Kier molecular flexibility index (Phi) is 5.93. The molecule has 11 heteroatoms. The number of methoxy groups -OCH3 is 1. The second-order valence-corrected chi connectivity index (χ2v) is 8.28. The van der Waals surface area contributed by atoms with Gasteiger partial charge in [0.2, 0.25) is 5.88 Å². The molecule has 0 atom stereocenters. The summed E-state index contributed by atoms with van der Waals surface area (Å²) >= 11 is 0. The minimum absolute atomic E-state index is 0.109. The highest BCUT2D eigenvalue weighted by Gasteiger charge is 2.19. The molecule has 0 radical (unpaired) electrons. The molecule has 4 rings (SSSR count). The Hall–Kier alpha value is -4.41. The summed E-state index contributed by atoms with van der Waals surface area (Å²) in [5.74, 6) is 0.579. The molecule has 0 aliphatic heterocycles. The molecule has 0 bridgehead atoms. The maximum absolute atomic E-state index is 14.8. The number of nitrogen functional groups attached to an aromatic ring is 1. The number of hydrogen-bond donors (Lipinski definition) is 2. The van der Waals surface area contributed by atoms with Crippen molar-refractivity contribution >= 4 is 34.2 Å². The second kappa shape index (κ2) is 8.85. The molecule has 0 saturated heterocycles. The number of rotatable bonds is 5. The number of nitrogens with two attached hydrogens (primary N) is 1. The lowest BCUT2D eigenvalue weighted by atomic mass is 10.2. The van der Waals surface area contributed by atoms with E-state index in [0.29, 0.717) is 28.2 Å². The molecule has 0 fully saturated rings. The van der Waals surface area contributed by atoms with Crippen molar-refractivity contribution in [2.24, 2.45) is 0 Å². The molecule has 3 N–H and O–H groups in total. The van der Waals surface area contributed by atoms with E-state index in [0.717, 1.165) is 4.68 Å². The smallest absolute Gasteiger partial charge is 0.435 e. The van der Waals surface area contributed by atoms with Crippen LogP contribution in [0.4, 0.5) is 26.4 Å². The fourth-order valence-corrected chi connectivity index (χ4v) is 3.06. The van der Waals surface area contributed by atoms with Crippen molar-refractivity contribution in [3.05, 3.63) is 54.7 Å². The van der Waals surface area contributed by atoms with E-state index >= 15 is 0 Å². The van der Waals surface area contributed by atoms with Crippen LogP contribution in [0.2, 0.25) is 0 Å². The van der Waals surface area contributed by atoms with E-state index in [2.05, 4.69) is 20.4 Å². The van der Waals surface area contributed by atoms with Gasteiger partial charge in [-0.3, -0.25) is 0 Å². The van der Waals surface area contributed by atoms with Crippen LogP contribution in [-0.2, 0) is 4.74 Å². The van der Waals surface area contributed by atoms with E-state index in [1.165, 1.54) is 37.8 Å². The van der Waals surface area contributed by atoms with Crippen LogP contribution in [0, 0.1) is 5.82 Å². The summed E-state index contributed by atoms with van der Waals surface area (Å²) in [7, 11) is 1.51. The van der Waals surface area contributed by atoms with Crippen LogP contribution in [0.25, 0.3) is 10.9 Å². The van der Waals surface area contributed by atoms with Gasteiger partial charge in [0.15, 0.2) is 0 Å². The Balaban J connectivity index is 1.52. The van der Waals surface area contributed by atoms with Crippen LogP contribution in [-0.4, -0.2) is 38.6 Å². The van der Waals surface area contributed by atoms with E-state index in [9.17, 15) is 9.18 Å². The molecule has 0 spiro atoms. The third-order valence-corrected chi connectivity index (χ3v) is 4.55. The van der Waals surface area contributed by atoms with E-state index in [1.54, 1.807) is 39.0 Å². The Morgan fingerprint density at radius 3 is 2.65 bits per heavy atom. The molecule has 176 valence electrons. The highest BCUT2D eigenvalue weighted by molar-refractivity contribution is 5.94. The third-order valence-electron chi connectivity index (χ3n) is 4.55. The number of aromatic nitrogens is 4. The minimum atomic E-state index is -0.664. The predicted molar refractivity (Wildman–Crippen MR) is 124 cm³/mol. The normalized spacial score (nSPS) is 11.3. The zero-order valence-electron chi connectivity index (χ0n) is 19.0. The highest BCUT2D eigenvalue weighted by atomic mass is 19.1. The van der Waals surface area contributed by atoms with Gasteiger partial charge >= 0.3 is 6.09 Å². The van der Waals surface area contributed by atoms with Crippen molar-refractivity contribution in [3.8, 4) is 17.4 Å². The van der Waals surface area contributed by atoms with E-state index in [-0.39, 0.29) is 17.3 Å². The summed E-state index contributed by atoms with van der Waals surface area (Å²) in [4.78, 5) is 20.5. The van der Waals surface area contributed by atoms with Crippen molar-refractivity contribution in [2.75, 3.05) is 18.2 Å². The van der Waals surface area contributed by atoms with Crippen molar-refractivity contribution < 1.29 is 23.4 Å². The lowest BCUT2D eigenvalue weighted by molar-refractivity contribution is 0.0512. The van der Waals surface area contributed by atoms with Crippen molar-refractivity contribution in [3.63, 3.8) is 0 Å². The zero-order chi connectivity index (χ0) is 24.5. The Bertz CT molecular complexity index is 1370. The largest absolute Gasteiger partial charge is 0.495 e. The first-order valence-corrected chi connectivity index (χ1v) is 10.2. The topological polar surface area (TPSA) is 126 Å². The van der Waals surface area contributed by atoms with Gasteiger partial charge in [0.1, 0.15) is 35.1 Å². The van der Waals surface area contributed by atoms with Gasteiger partial charge in [-0.2, -0.15) is 4.68 Å². The molecule has 2 heterocycles. The van der Waals surface area contributed by atoms with Gasteiger partial charge in [0.25, 0.3) is 0 Å². The number of carbonyl (C=O) groups is 1. The number of hydrogen-bond acceptors (Lipinski definition) is 9. The summed E-state index contributed by atoms with van der Waals surface area (Å²) < 4.78 is 31.9. The monoisotopic (exact) mass is 466 g/mol. The summed E-state index contributed by atoms with van der Waals surface area (Å²) in [6, 6.07) is 9.05. The van der Waals surface area contributed by atoms with Gasteiger partial charge in [-0.15, -0.1) is 5.10 Å². The van der Waals surface area contributed by atoms with Crippen LogP contribution in [0.1, 0.15) is 20.8 Å². The number of nitrogens with zero attached hydrogens (tertiary/aromatic N) is 4. The quantitative estimate of drug-likeness (QED) is 0.396. The molecule has 0 aliphatic rings. The Morgan fingerprint density at radius 1 is 1.15 bits per heavy atom. The molecule has 4 aromatic rings. The van der Waals surface area contributed by atoms with E-state index in [1.807, 2.05) is 0 Å². The summed E-state index contributed by atoms with van der Waals surface area (Å²) in [6.45, 7) is 5.25. The van der Waals surface area contributed by atoms with Gasteiger partial charge in [-0.25, -0.2) is 19.2 Å². The number of nitrogens with one attached hydrogen (secondary N) is 1. The first-order valence-electron chi connectivity index (χ1n) is 10.2. The first kappa shape index (κ1) is 22.8. The van der Waals surface area contributed by atoms with Gasteiger partial charge in [-0.05, 0) is 39.0 Å². The molecule has 2 aromatic heterocycles. The number of halogens is 1. The van der Waals surface area contributed by atoms with Crippen molar-refractivity contribution in [1.29, 1.82) is 0 Å². The summed E-state index contributed by atoms with van der Waals surface area (Å²) in [5.41, 5.74) is 6.49. The van der Waals surface area contributed by atoms with Gasteiger partial charge in [-0.1, -0.05) is 0 Å². The Morgan fingerprint density at radius 2 is 1.94 bits per heavy atom. The highest BCUT2D eigenvalue weighted by Crippen LogP contribution is 2.32. The van der Waals surface area contributed by atoms with Crippen LogP contribution < -0.4 is 20.5 Å². The molecule has 2 aromatic carbocycles. The number of ether oxygens (including phenoxy) is 3. The molecule has 0 aliphatic carbocycles. The predicted octanol–water partition coefficient (Wildman–Crippen LogP) is 4.88. The van der Waals surface area contributed by atoms with Crippen LogP contribution in [0.15, 0.2) is 48.9 Å². The maximum Gasteiger partial charge on any atom is 0.435 e. The SMILES string of the molecule is COc1cc2ncnc(Nc3ccc(Oc4ccn(C(=O)OC(C)(C)C)n4)cc3F)c2cc1N.